The minimum atomic E-state index is -0.772. The number of phenols is 1. The summed E-state index contributed by atoms with van der Waals surface area (Å²) >= 11 is 0. The first-order chi connectivity index (χ1) is 15.9. The summed E-state index contributed by atoms with van der Waals surface area (Å²) in [7, 11) is 0. The molecule has 0 heterocycles. The van der Waals surface area contributed by atoms with Gasteiger partial charge in [-0.15, -0.1) is 10.1 Å². The van der Waals surface area contributed by atoms with Gasteiger partial charge < -0.3 is 30.4 Å². The Morgan fingerprint density at radius 2 is 1.94 bits per heavy atom. The number of ether oxygens (including phenoxy) is 1. The van der Waals surface area contributed by atoms with Gasteiger partial charge in [0.2, 0.25) is 5.91 Å². The Labute approximate surface area is 201 Å². The first kappa shape index (κ1) is 27.7. The molecule has 192 valence electrons. The Balaban J connectivity index is 1.76. The smallest absolute Gasteiger partial charge is 0.294 e. The highest BCUT2D eigenvalue weighted by Crippen LogP contribution is 2.32. The van der Waals surface area contributed by atoms with E-state index in [9.17, 15) is 25.1 Å². The molecule has 4 N–H and O–H groups in total. The minimum Gasteiger partial charge on any atom is -0.507 e. The number of carbonyl (C=O) groups is 1. The average Bonchev–Trinajstić information content (AvgIpc) is 2.77. The van der Waals surface area contributed by atoms with E-state index in [0.717, 1.165) is 30.4 Å². The van der Waals surface area contributed by atoms with Gasteiger partial charge in [0.1, 0.15) is 30.3 Å². The van der Waals surface area contributed by atoms with Gasteiger partial charge in [0.05, 0.1) is 0 Å². The predicted molar refractivity (Wildman–Crippen MR) is 127 cm³/mol. The highest BCUT2D eigenvalue weighted by Gasteiger charge is 2.30. The van der Waals surface area contributed by atoms with E-state index in [2.05, 4.69) is 10.6 Å². The summed E-state index contributed by atoms with van der Waals surface area (Å²) in [5.74, 6) is 0.543. The number of aliphatic hydroxyl groups excluding tert-OH is 1. The zero-order valence-corrected chi connectivity index (χ0v) is 20.8. The van der Waals surface area contributed by atoms with Crippen molar-refractivity contribution in [2.24, 2.45) is 5.92 Å². The quantitative estimate of drug-likeness (QED) is 0.264. The summed E-state index contributed by atoms with van der Waals surface area (Å²) in [6.07, 6.45) is 2.02. The zero-order chi connectivity index (χ0) is 25.5. The molecule has 1 aromatic carbocycles. The molecule has 3 unspecified atom stereocenters. The lowest BCUT2D eigenvalue weighted by Crippen LogP contribution is -2.52. The summed E-state index contributed by atoms with van der Waals surface area (Å²) in [4.78, 5) is 27.9. The van der Waals surface area contributed by atoms with Gasteiger partial charge in [0.25, 0.3) is 5.09 Å². The van der Waals surface area contributed by atoms with E-state index in [0.29, 0.717) is 24.3 Å². The highest BCUT2D eigenvalue weighted by atomic mass is 17.0. The van der Waals surface area contributed by atoms with E-state index in [4.69, 9.17) is 9.57 Å². The summed E-state index contributed by atoms with van der Waals surface area (Å²) in [6, 6.07) is 1.75. The van der Waals surface area contributed by atoms with Crippen molar-refractivity contribution in [3.8, 4) is 11.5 Å². The Hall–Kier alpha value is -2.59. The number of amides is 1. The van der Waals surface area contributed by atoms with Crippen molar-refractivity contribution >= 4 is 5.91 Å². The summed E-state index contributed by atoms with van der Waals surface area (Å²) < 4.78 is 5.77. The molecule has 1 aliphatic carbocycles. The van der Waals surface area contributed by atoms with E-state index in [1.807, 2.05) is 27.7 Å². The number of β-amino-alcohol motifs (C(OH)–C–C–N with tert-alkyl or cyclic N) is 1. The monoisotopic (exact) mass is 481 g/mol. The predicted octanol–water partition coefficient (Wildman–Crippen LogP) is 2.70. The number of aliphatic hydroxyl groups is 1. The van der Waals surface area contributed by atoms with Crippen LogP contribution in [0, 0.1) is 36.8 Å². The second-order valence-corrected chi connectivity index (χ2v) is 9.91. The van der Waals surface area contributed by atoms with Gasteiger partial charge in [-0.25, -0.2) is 0 Å². The first-order valence-corrected chi connectivity index (χ1v) is 11.8. The Morgan fingerprint density at radius 3 is 2.62 bits per heavy atom. The zero-order valence-electron chi connectivity index (χ0n) is 20.8. The largest absolute Gasteiger partial charge is 0.507 e. The molecule has 0 aliphatic heterocycles. The number of hydrogen-bond donors (Lipinski definition) is 4. The van der Waals surface area contributed by atoms with Crippen molar-refractivity contribution in [2.45, 2.75) is 84.5 Å². The van der Waals surface area contributed by atoms with Crippen molar-refractivity contribution in [3.05, 3.63) is 32.9 Å². The van der Waals surface area contributed by atoms with Crippen molar-refractivity contribution in [2.75, 3.05) is 19.7 Å². The van der Waals surface area contributed by atoms with Gasteiger partial charge in [-0.3, -0.25) is 4.79 Å². The average molecular weight is 482 g/mol. The second kappa shape index (κ2) is 12.2. The number of phenolic OH excluding ortho intramolecular Hbond substituents is 1. The van der Waals surface area contributed by atoms with Gasteiger partial charge in [0, 0.05) is 25.0 Å². The first-order valence-electron chi connectivity index (χ1n) is 11.8. The maximum Gasteiger partial charge on any atom is 0.294 e. The fourth-order valence-electron chi connectivity index (χ4n) is 4.17. The summed E-state index contributed by atoms with van der Waals surface area (Å²) in [6.45, 7) is 9.99. The lowest BCUT2D eigenvalue weighted by Gasteiger charge is -2.31. The van der Waals surface area contributed by atoms with Crippen LogP contribution in [0.5, 0.6) is 11.5 Å². The fourth-order valence-corrected chi connectivity index (χ4v) is 4.17. The molecule has 0 radical (unpaired) electrons. The molecular formula is C24H39N3O7. The Morgan fingerprint density at radius 1 is 1.26 bits per heavy atom. The Bertz CT molecular complexity index is 859. The molecule has 10 nitrogen and oxygen atoms in total. The number of nitrogens with one attached hydrogen (secondary N) is 2. The van der Waals surface area contributed by atoms with Gasteiger partial charge in [-0.2, -0.15) is 0 Å². The van der Waals surface area contributed by atoms with Gasteiger partial charge >= 0.3 is 0 Å². The molecule has 1 saturated carbocycles. The number of aryl methyl sites for hydroxylation is 1. The minimum absolute atomic E-state index is 0.0828. The summed E-state index contributed by atoms with van der Waals surface area (Å²) in [5.41, 5.74) is 1.81. The van der Waals surface area contributed by atoms with E-state index >= 15 is 0 Å². The normalized spacial score (nSPS) is 19.4. The van der Waals surface area contributed by atoms with E-state index in [-0.39, 0.29) is 37.1 Å². The van der Waals surface area contributed by atoms with Crippen LogP contribution in [0.1, 0.15) is 62.6 Å². The van der Waals surface area contributed by atoms with Crippen molar-refractivity contribution in [1.29, 1.82) is 0 Å². The third-order valence-corrected chi connectivity index (χ3v) is 6.49. The Kier molecular flexibility index (Phi) is 9.93. The molecular weight excluding hydrogens is 442 g/mol. The standard InChI is InChI=1S/C24H39N3O7/c1-15-10-21(16(2)17(3)23(15)30)33-13-19(28)12-26-24(4,5)14-25-22(29)11-18-8-6-7-9-20(18)34-27(31)32/h10,18-20,26,28,30H,6-9,11-14H2,1-5H3,(H,25,29). The van der Waals surface area contributed by atoms with Crippen LogP contribution in [0.2, 0.25) is 0 Å². The van der Waals surface area contributed by atoms with Crippen molar-refractivity contribution in [1.82, 2.24) is 10.6 Å². The molecule has 0 aromatic heterocycles. The number of carbonyl (C=O) groups excluding carboxylic acids is 1. The van der Waals surface area contributed by atoms with Crippen molar-refractivity contribution < 1.29 is 29.7 Å². The molecule has 2 rings (SSSR count). The molecule has 1 aliphatic rings. The van der Waals surface area contributed by atoms with Crippen LogP contribution in [0.25, 0.3) is 0 Å². The SMILES string of the molecule is Cc1cc(OCC(O)CNC(C)(C)CNC(=O)CC2CCCCC2O[N+](=O)[O-])c(C)c(C)c1O. The maximum absolute atomic E-state index is 12.4. The van der Waals surface area contributed by atoms with Gasteiger partial charge in [0.15, 0.2) is 0 Å². The molecule has 0 spiro atoms. The molecule has 3 atom stereocenters. The van der Waals surface area contributed by atoms with E-state index < -0.39 is 22.8 Å². The van der Waals surface area contributed by atoms with E-state index in [1.165, 1.54) is 0 Å². The summed E-state index contributed by atoms with van der Waals surface area (Å²) in [5, 5.41) is 36.4. The molecule has 1 fully saturated rings. The lowest BCUT2D eigenvalue weighted by atomic mass is 9.84. The highest BCUT2D eigenvalue weighted by molar-refractivity contribution is 5.76. The van der Waals surface area contributed by atoms with Crippen LogP contribution in [0.15, 0.2) is 6.07 Å². The molecule has 1 aromatic rings. The number of hydrogen-bond acceptors (Lipinski definition) is 8. The topological polar surface area (TPSA) is 143 Å². The van der Waals surface area contributed by atoms with Crippen LogP contribution in [-0.4, -0.2) is 58.7 Å². The maximum atomic E-state index is 12.4. The van der Waals surface area contributed by atoms with Crippen LogP contribution in [0.3, 0.4) is 0 Å². The molecule has 0 saturated heterocycles. The second-order valence-electron chi connectivity index (χ2n) is 9.91. The molecule has 0 bridgehead atoms. The van der Waals surface area contributed by atoms with Gasteiger partial charge in [-0.05, 0) is 76.1 Å². The third-order valence-electron chi connectivity index (χ3n) is 6.49. The van der Waals surface area contributed by atoms with E-state index in [1.54, 1.807) is 13.0 Å². The molecule has 34 heavy (non-hydrogen) atoms. The van der Waals surface area contributed by atoms with Crippen LogP contribution in [-0.2, 0) is 9.63 Å². The van der Waals surface area contributed by atoms with Crippen molar-refractivity contribution in [3.63, 3.8) is 0 Å². The number of benzene rings is 1. The van der Waals surface area contributed by atoms with Crippen LogP contribution < -0.4 is 15.4 Å². The van der Waals surface area contributed by atoms with Crippen LogP contribution in [0.4, 0.5) is 0 Å². The fraction of sp³-hybridized carbons (Fsp3) is 0.708. The third kappa shape index (κ3) is 8.32. The van der Waals surface area contributed by atoms with Crippen LogP contribution >= 0.6 is 0 Å². The lowest BCUT2D eigenvalue weighted by molar-refractivity contribution is -0.771. The number of nitrogens with zero attached hydrogens (tertiary/aromatic N) is 1. The molecule has 1 amide bonds. The van der Waals surface area contributed by atoms with Gasteiger partial charge in [-0.1, -0.05) is 12.8 Å². The number of rotatable bonds is 12. The number of aromatic hydroxyl groups is 1. The molecule has 10 heteroatoms.